The van der Waals surface area contributed by atoms with Gasteiger partial charge in [0.05, 0.1) is 0 Å². The molecular weight excluding hydrogens is 248 g/mol. The fourth-order valence-electron chi connectivity index (χ4n) is 2.53. The Kier molecular flexibility index (Phi) is 11.6. The molecule has 0 unspecified atom stereocenters. The van der Waals surface area contributed by atoms with Crippen LogP contribution >= 0.6 is 12.4 Å². The number of rotatable bonds is 9. The summed E-state index contributed by atoms with van der Waals surface area (Å²) in [6.07, 6.45) is 9.77. The highest BCUT2D eigenvalue weighted by atomic mass is 35.5. The summed E-state index contributed by atoms with van der Waals surface area (Å²) < 4.78 is 0. The molecule has 0 heterocycles. The molecule has 108 valence electrons. The first kappa shape index (κ1) is 17.7. The first-order valence-corrected chi connectivity index (χ1v) is 7.30. The quantitative estimate of drug-likeness (QED) is 0.636. The standard InChI is InChI=1S/C14H28N2O.ClH/c1-2-10-15-11-12-16-14(17)9-5-8-13-6-3-4-7-13;/h13,15H,2-12H2,1H3,(H,16,17);1H. The van der Waals surface area contributed by atoms with Crippen LogP contribution in [0.5, 0.6) is 0 Å². The fourth-order valence-corrected chi connectivity index (χ4v) is 2.53. The maximum absolute atomic E-state index is 11.5. The van der Waals surface area contributed by atoms with Crippen molar-refractivity contribution in [1.29, 1.82) is 0 Å². The SMILES string of the molecule is CCCNCCNC(=O)CCCC1CCCC1.Cl. The van der Waals surface area contributed by atoms with Crippen LogP contribution in [0.25, 0.3) is 0 Å². The molecule has 0 aromatic rings. The number of hydrogen-bond acceptors (Lipinski definition) is 2. The van der Waals surface area contributed by atoms with E-state index >= 15 is 0 Å². The van der Waals surface area contributed by atoms with Gasteiger partial charge in [0.15, 0.2) is 0 Å². The van der Waals surface area contributed by atoms with E-state index in [1.807, 2.05) is 0 Å². The van der Waals surface area contributed by atoms with Gasteiger partial charge in [0.2, 0.25) is 5.91 Å². The molecule has 1 saturated carbocycles. The summed E-state index contributed by atoms with van der Waals surface area (Å²) >= 11 is 0. The van der Waals surface area contributed by atoms with E-state index in [2.05, 4.69) is 17.6 Å². The van der Waals surface area contributed by atoms with Crippen LogP contribution in [0.15, 0.2) is 0 Å². The third kappa shape index (κ3) is 8.76. The van der Waals surface area contributed by atoms with Gasteiger partial charge in [0, 0.05) is 19.5 Å². The first-order chi connectivity index (χ1) is 8.33. The van der Waals surface area contributed by atoms with Gasteiger partial charge in [-0.15, -0.1) is 12.4 Å². The molecule has 3 nitrogen and oxygen atoms in total. The second kappa shape index (κ2) is 11.8. The zero-order chi connectivity index (χ0) is 12.3. The van der Waals surface area contributed by atoms with E-state index in [1.54, 1.807) is 0 Å². The average molecular weight is 277 g/mol. The van der Waals surface area contributed by atoms with Crippen LogP contribution in [0.2, 0.25) is 0 Å². The van der Waals surface area contributed by atoms with Crippen LogP contribution < -0.4 is 10.6 Å². The van der Waals surface area contributed by atoms with Crippen molar-refractivity contribution in [1.82, 2.24) is 10.6 Å². The van der Waals surface area contributed by atoms with Gasteiger partial charge in [-0.2, -0.15) is 0 Å². The van der Waals surface area contributed by atoms with Crippen molar-refractivity contribution in [2.75, 3.05) is 19.6 Å². The number of carbonyl (C=O) groups is 1. The highest BCUT2D eigenvalue weighted by Crippen LogP contribution is 2.28. The lowest BCUT2D eigenvalue weighted by molar-refractivity contribution is -0.121. The molecule has 18 heavy (non-hydrogen) atoms. The van der Waals surface area contributed by atoms with Crippen molar-refractivity contribution >= 4 is 18.3 Å². The lowest BCUT2D eigenvalue weighted by Gasteiger charge is -2.09. The van der Waals surface area contributed by atoms with Gasteiger partial charge in [-0.1, -0.05) is 32.6 Å². The number of hydrogen-bond donors (Lipinski definition) is 2. The minimum Gasteiger partial charge on any atom is -0.355 e. The third-order valence-corrected chi connectivity index (χ3v) is 3.54. The van der Waals surface area contributed by atoms with Crippen molar-refractivity contribution in [2.24, 2.45) is 5.92 Å². The topological polar surface area (TPSA) is 41.1 Å². The molecular formula is C14H29ClN2O. The van der Waals surface area contributed by atoms with Gasteiger partial charge in [-0.25, -0.2) is 0 Å². The van der Waals surface area contributed by atoms with Crippen LogP contribution in [0.4, 0.5) is 0 Å². The molecule has 0 aliphatic heterocycles. The monoisotopic (exact) mass is 276 g/mol. The van der Waals surface area contributed by atoms with Crippen molar-refractivity contribution in [3.05, 3.63) is 0 Å². The van der Waals surface area contributed by atoms with Crippen LogP contribution in [0.3, 0.4) is 0 Å². The van der Waals surface area contributed by atoms with Crippen LogP contribution in [0, 0.1) is 5.92 Å². The Labute approximate surface area is 118 Å². The maximum atomic E-state index is 11.5. The third-order valence-electron chi connectivity index (χ3n) is 3.54. The molecule has 0 spiro atoms. The van der Waals surface area contributed by atoms with Gasteiger partial charge in [0.1, 0.15) is 0 Å². The zero-order valence-electron chi connectivity index (χ0n) is 11.7. The Morgan fingerprint density at radius 1 is 1.17 bits per heavy atom. The van der Waals surface area contributed by atoms with Crippen molar-refractivity contribution < 1.29 is 4.79 Å². The van der Waals surface area contributed by atoms with E-state index in [4.69, 9.17) is 0 Å². The van der Waals surface area contributed by atoms with Crippen LogP contribution in [-0.4, -0.2) is 25.5 Å². The normalized spacial score (nSPS) is 15.4. The van der Waals surface area contributed by atoms with E-state index in [1.165, 1.54) is 32.1 Å². The van der Waals surface area contributed by atoms with Gasteiger partial charge < -0.3 is 10.6 Å². The number of halogens is 1. The summed E-state index contributed by atoms with van der Waals surface area (Å²) in [4.78, 5) is 11.5. The first-order valence-electron chi connectivity index (χ1n) is 7.30. The zero-order valence-corrected chi connectivity index (χ0v) is 12.5. The summed E-state index contributed by atoms with van der Waals surface area (Å²) in [5.41, 5.74) is 0. The maximum Gasteiger partial charge on any atom is 0.220 e. The summed E-state index contributed by atoms with van der Waals surface area (Å²) in [6.45, 7) is 4.84. The highest BCUT2D eigenvalue weighted by molar-refractivity contribution is 5.85. The Bertz CT molecular complexity index is 206. The molecule has 1 aliphatic rings. The summed E-state index contributed by atoms with van der Waals surface area (Å²) in [5, 5.41) is 6.24. The molecule has 1 amide bonds. The van der Waals surface area contributed by atoms with E-state index in [0.717, 1.165) is 38.4 Å². The number of amides is 1. The number of nitrogens with one attached hydrogen (secondary N) is 2. The van der Waals surface area contributed by atoms with Crippen molar-refractivity contribution in [2.45, 2.75) is 58.3 Å². The Morgan fingerprint density at radius 3 is 2.56 bits per heavy atom. The second-order valence-electron chi connectivity index (χ2n) is 5.14. The molecule has 0 aromatic heterocycles. The van der Waals surface area contributed by atoms with E-state index in [9.17, 15) is 4.79 Å². The molecule has 0 bridgehead atoms. The van der Waals surface area contributed by atoms with E-state index in [-0.39, 0.29) is 18.3 Å². The van der Waals surface area contributed by atoms with E-state index < -0.39 is 0 Å². The molecule has 1 rings (SSSR count). The molecule has 0 radical (unpaired) electrons. The fraction of sp³-hybridized carbons (Fsp3) is 0.929. The van der Waals surface area contributed by atoms with Crippen molar-refractivity contribution in [3.8, 4) is 0 Å². The van der Waals surface area contributed by atoms with Crippen LogP contribution in [0.1, 0.15) is 58.3 Å². The molecule has 2 N–H and O–H groups in total. The summed E-state index contributed by atoms with van der Waals surface area (Å²) in [6, 6.07) is 0. The Hall–Kier alpha value is -0.280. The number of carbonyl (C=O) groups excluding carboxylic acids is 1. The summed E-state index contributed by atoms with van der Waals surface area (Å²) in [5.74, 6) is 1.13. The lowest BCUT2D eigenvalue weighted by Crippen LogP contribution is -2.31. The minimum absolute atomic E-state index is 0. The van der Waals surface area contributed by atoms with Crippen molar-refractivity contribution in [3.63, 3.8) is 0 Å². The summed E-state index contributed by atoms with van der Waals surface area (Å²) in [7, 11) is 0. The predicted molar refractivity (Wildman–Crippen MR) is 79.2 cm³/mol. The van der Waals surface area contributed by atoms with Gasteiger partial charge >= 0.3 is 0 Å². The molecule has 1 aliphatic carbocycles. The smallest absolute Gasteiger partial charge is 0.220 e. The highest BCUT2D eigenvalue weighted by Gasteiger charge is 2.14. The molecule has 0 saturated heterocycles. The second-order valence-corrected chi connectivity index (χ2v) is 5.14. The van der Waals surface area contributed by atoms with Gasteiger partial charge in [0.25, 0.3) is 0 Å². The molecule has 0 atom stereocenters. The predicted octanol–water partition coefficient (Wildman–Crippen LogP) is 2.88. The Balaban J connectivity index is 0.00000289. The molecule has 4 heteroatoms. The lowest BCUT2D eigenvalue weighted by atomic mass is 10.0. The Morgan fingerprint density at radius 2 is 1.89 bits per heavy atom. The average Bonchev–Trinajstić information content (AvgIpc) is 2.82. The minimum atomic E-state index is 0. The van der Waals surface area contributed by atoms with Crippen LogP contribution in [-0.2, 0) is 4.79 Å². The van der Waals surface area contributed by atoms with Gasteiger partial charge in [-0.05, 0) is 31.7 Å². The molecule has 1 fully saturated rings. The van der Waals surface area contributed by atoms with E-state index in [0.29, 0.717) is 6.42 Å². The largest absolute Gasteiger partial charge is 0.355 e. The molecule has 0 aromatic carbocycles. The van der Waals surface area contributed by atoms with Gasteiger partial charge in [-0.3, -0.25) is 4.79 Å².